The average molecular weight is 397 g/mol. The number of hydrogen-bond donors (Lipinski definition) is 3. The fourth-order valence-corrected chi connectivity index (χ4v) is 3.29. The first-order valence-electron chi connectivity index (χ1n) is 9.66. The molecule has 0 bridgehead atoms. The van der Waals surface area contributed by atoms with Gasteiger partial charge in [-0.1, -0.05) is 25.7 Å². The van der Waals surface area contributed by atoms with Gasteiger partial charge in [-0.15, -0.1) is 0 Å². The number of anilines is 1. The van der Waals surface area contributed by atoms with Gasteiger partial charge in [-0.3, -0.25) is 4.57 Å². The molecule has 0 saturated carbocycles. The van der Waals surface area contributed by atoms with Crippen LogP contribution in [0.3, 0.4) is 0 Å². The summed E-state index contributed by atoms with van der Waals surface area (Å²) in [6.45, 7) is 2.13. The monoisotopic (exact) mass is 397 g/mol. The number of furan rings is 1. The molecule has 29 heavy (non-hydrogen) atoms. The summed E-state index contributed by atoms with van der Waals surface area (Å²) in [5.41, 5.74) is 6.84. The summed E-state index contributed by atoms with van der Waals surface area (Å²) < 4.78 is 12.7. The molecule has 1 fully saturated rings. The number of rotatable bonds is 5. The third-order valence-electron chi connectivity index (χ3n) is 4.79. The molecule has 0 unspecified atom stereocenters. The lowest BCUT2D eigenvalue weighted by Crippen LogP contribution is -2.28. The zero-order valence-electron chi connectivity index (χ0n) is 16.1. The van der Waals surface area contributed by atoms with E-state index in [2.05, 4.69) is 33.7 Å². The smallest absolute Gasteiger partial charge is 0.208 e. The number of unbranched alkanes of at least 4 members (excludes halogenated alkanes) is 3. The van der Waals surface area contributed by atoms with E-state index in [9.17, 15) is 10.2 Å². The molecule has 4 N–H and O–H groups in total. The first-order valence-corrected chi connectivity index (χ1v) is 9.66. The maximum Gasteiger partial charge on any atom is 0.208 e. The van der Waals surface area contributed by atoms with Crippen LogP contribution in [0.4, 0.5) is 5.82 Å². The highest BCUT2D eigenvalue weighted by molar-refractivity contribution is 5.85. The fraction of sp³-hybridized carbons (Fsp3) is 0.450. The van der Waals surface area contributed by atoms with Crippen molar-refractivity contribution in [2.75, 3.05) is 12.3 Å². The first kappa shape index (κ1) is 19.4. The van der Waals surface area contributed by atoms with Crippen LogP contribution in [-0.2, 0) is 4.74 Å². The zero-order chi connectivity index (χ0) is 20.4. The van der Waals surface area contributed by atoms with Gasteiger partial charge in [0.1, 0.15) is 12.2 Å². The number of aliphatic hydroxyl groups excluding tert-OH is 2. The molecule has 9 heteroatoms. The van der Waals surface area contributed by atoms with Crippen molar-refractivity contribution in [3.8, 4) is 23.4 Å². The van der Waals surface area contributed by atoms with E-state index in [-0.39, 0.29) is 18.2 Å². The Kier molecular flexibility index (Phi) is 5.49. The van der Waals surface area contributed by atoms with Crippen LogP contribution < -0.4 is 5.73 Å². The van der Waals surface area contributed by atoms with Crippen LogP contribution in [0.5, 0.6) is 0 Å². The third kappa shape index (κ3) is 3.70. The highest BCUT2D eigenvalue weighted by Crippen LogP contribution is 2.34. The second-order valence-electron chi connectivity index (χ2n) is 6.93. The van der Waals surface area contributed by atoms with Gasteiger partial charge in [0.05, 0.1) is 12.9 Å². The van der Waals surface area contributed by atoms with E-state index in [4.69, 9.17) is 14.9 Å². The lowest BCUT2D eigenvalue weighted by molar-refractivity contribution is -0.0154. The van der Waals surface area contributed by atoms with Crippen molar-refractivity contribution >= 4 is 17.0 Å². The molecule has 4 heterocycles. The second kappa shape index (κ2) is 8.21. The number of fused-ring (bicyclic) bond motifs is 1. The highest BCUT2D eigenvalue weighted by atomic mass is 16.5. The van der Waals surface area contributed by atoms with Gasteiger partial charge in [-0.25, -0.2) is 15.0 Å². The van der Waals surface area contributed by atoms with E-state index in [1.165, 1.54) is 6.26 Å². The van der Waals surface area contributed by atoms with Crippen LogP contribution in [-0.4, -0.2) is 48.5 Å². The van der Waals surface area contributed by atoms with Gasteiger partial charge in [0.2, 0.25) is 5.82 Å². The number of nitrogens with zero attached hydrogens (tertiary/aromatic N) is 4. The molecule has 0 spiro atoms. The zero-order valence-corrected chi connectivity index (χ0v) is 16.1. The fourth-order valence-electron chi connectivity index (χ4n) is 3.29. The summed E-state index contributed by atoms with van der Waals surface area (Å²) >= 11 is 0. The van der Waals surface area contributed by atoms with Gasteiger partial charge in [0, 0.05) is 6.42 Å². The number of aromatic nitrogens is 4. The predicted octanol–water partition coefficient (Wildman–Crippen LogP) is 1.85. The van der Waals surface area contributed by atoms with E-state index in [0.717, 1.165) is 25.7 Å². The van der Waals surface area contributed by atoms with E-state index < -0.39 is 18.4 Å². The number of aliphatic hydroxyl groups is 2. The number of nitrogen functional groups attached to an aromatic ring is 1. The van der Waals surface area contributed by atoms with E-state index >= 15 is 0 Å². The highest BCUT2D eigenvalue weighted by Gasteiger charge is 2.39. The molecule has 3 aromatic heterocycles. The maximum absolute atomic E-state index is 10.4. The van der Waals surface area contributed by atoms with Crippen LogP contribution in [0.15, 0.2) is 22.8 Å². The molecule has 1 aliphatic rings. The Morgan fingerprint density at radius 3 is 2.83 bits per heavy atom. The number of imidazole rings is 1. The minimum atomic E-state index is -1.15. The molecule has 0 aliphatic carbocycles. The van der Waals surface area contributed by atoms with Crippen molar-refractivity contribution in [1.82, 2.24) is 19.5 Å². The number of nitrogens with two attached hydrogens (primary N) is 1. The lowest BCUT2D eigenvalue weighted by Gasteiger charge is -2.18. The van der Waals surface area contributed by atoms with Crippen molar-refractivity contribution in [2.24, 2.45) is 0 Å². The van der Waals surface area contributed by atoms with Crippen molar-refractivity contribution in [1.29, 1.82) is 0 Å². The molecule has 152 valence electrons. The molecular weight excluding hydrogens is 374 g/mol. The van der Waals surface area contributed by atoms with Crippen molar-refractivity contribution in [3.63, 3.8) is 0 Å². The summed E-state index contributed by atoms with van der Waals surface area (Å²) in [6.07, 6.45) is 2.47. The van der Waals surface area contributed by atoms with Crippen molar-refractivity contribution < 1.29 is 19.4 Å². The average Bonchev–Trinajstić information content (AvgIpc) is 3.42. The summed E-state index contributed by atoms with van der Waals surface area (Å²) in [7, 11) is 0. The van der Waals surface area contributed by atoms with Crippen LogP contribution in [0.1, 0.15) is 44.7 Å². The minimum absolute atomic E-state index is 0.00619. The Hall–Kier alpha value is -2.93. The predicted molar refractivity (Wildman–Crippen MR) is 105 cm³/mol. The Morgan fingerprint density at radius 2 is 2.14 bits per heavy atom. The molecular formula is C20H23N5O4. The topological polar surface area (TPSA) is 132 Å². The quantitative estimate of drug-likeness (QED) is 0.439. The summed E-state index contributed by atoms with van der Waals surface area (Å²) in [5, 5.41) is 20.4. The number of hydrogen-bond acceptors (Lipinski definition) is 8. The Bertz CT molecular complexity index is 1050. The van der Waals surface area contributed by atoms with Gasteiger partial charge in [-0.2, -0.15) is 0 Å². The summed E-state index contributed by atoms with van der Waals surface area (Å²) in [6, 6.07) is 3.45. The SMILES string of the molecule is CCCCCC#Cc1nc(N)c2nc(-c3ccco3)n([C@@H]3OC[C@@H](O)[C@H]3O)c2n1. The standard InChI is InChI=1S/C20H23N5O4/c1-2-3-4-5-6-9-14-22-17(21)15-19(23-14)25(20-16(27)12(26)11-29-20)18(24-15)13-8-7-10-28-13/h7-8,10,12,16,20,26-27H,2-5,11H2,1H3,(H2,21,22,23)/t12-,16-,20-/m1/s1. The third-order valence-corrected chi connectivity index (χ3v) is 4.79. The summed E-state index contributed by atoms with van der Waals surface area (Å²) in [4.78, 5) is 13.3. The molecule has 0 amide bonds. The van der Waals surface area contributed by atoms with Gasteiger partial charge >= 0.3 is 0 Å². The van der Waals surface area contributed by atoms with E-state index in [1.54, 1.807) is 16.7 Å². The van der Waals surface area contributed by atoms with Crippen LogP contribution in [0.25, 0.3) is 22.7 Å². The van der Waals surface area contributed by atoms with Crippen LogP contribution in [0.2, 0.25) is 0 Å². The van der Waals surface area contributed by atoms with Crippen molar-refractivity contribution in [3.05, 3.63) is 24.2 Å². The van der Waals surface area contributed by atoms with Crippen molar-refractivity contribution in [2.45, 2.75) is 51.0 Å². The largest absolute Gasteiger partial charge is 0.461 e. The van der Waals surface area contributed by atoms with Crippen LogP contribution >= 0.6 is 0 Å². The van der Waals surface area contributed by atoms with Gasteiger partial charge in [0.25, 0.3) is 0 Å². The molecule has 0 aromatic carbocycles. The second-order valence-corrected chi connectivity index (χ2v) is 6.93. The molecule has 1 saturated heterocycles. The van der Waals surface area contributed by atoms with Gasteiger partial charge in [-0.05, 0) is 24.5 Å². The van der Waals surface area contributed by atoms with Gasteiger partial charge in [0.15, 0.2) is 34.8 Å². The molecule has 9 nitrogen and oxygen atoms in total. The summed E-state index contributed by atoms with van der Waals surface area (Å²) in [5.74, 6) is 7.28. The Labute approximate surface area is 167 Å². The van der Waals surface area contributed by atoms with Gasteiger partial charge < -0.3 is 25.1 Å². The first-order chi connectivity index (χ1) is 14.1. The normalized spacial score (nSPS) is 21.4. The van der Waals surface area contributed by atoms with Crippen LogP contribution in [0, 0.1) is 11.8 Å². The molecule has 0 radical (unpaired) electrons. The minimum Gasteiger partial charge on any atom is -0.461 e. The Balaban J connectivity index is 1.82. The van der Waals surface area contributed by atoms with E-state index in [0.29, 0.717) is 22.7 Å². The lowest BCUT2D eigenvalue weighted by atomic mass is 10.2. The molecule has 1 aliphatic heterocycles. The van der Waals surface area contributed by atoms with E-state index in [1.807, 2.05) is 0 Å². The maximum atomic E-state index is 10.4. The molecule has 3 aromatic rings. The molecule has 3 atom stereocenters. The Morgan fingerprint density at radius 1 is 1.28 bits per heavy atom. The number of ether oxygens (including phenoxy) is 1. The molecule has 4 rings (SSSR count).